The molecule has 122 valence electrons. The molecule has 0 bridgehead atoms. The molecule has 3 rings (SSSR count). The molecule has 0 aliphatic carbocycles. The van der Waals surface area contributed by atoms with Crippen LogP contribution in [0.2, 0.25) is 0 Å². The van der Waals surface area contributed by atoms with Gasteiger partial charge in [-0.3, -0.25) is 0 Å². The predicted molar refractivity (Wildman–Crippen MR) is 100 cm³/mol. The van der Waals surface area contributed by atoms with E-state index in [-0.39, 0.29) is 0 Å². The first-order valence-corrected chi connectivity index (χ1v) is 8.04. The Balaban J connectivity index is 1.86. The molecule has 24 heavy (non-hydrogen) atoms. The van der Waals surface area contributed by atoms with Gasteiger partial charge in [-0.1, -0.05) is 24.3 Å². The van der Waals surface area contributed by atoms with Crippen molar-refractivity contribution in [2.45, 2.75) is 27.7 Å². The van der Waals surface area contributed by atoms with Gasteiger partial charge in [-0.25, -0.2) is 4.98 Å². The molecule has 1 heterocycles. The van der Waals surface area contributed by atoms with Gasteiger partial charge < -0.3 is 10.6 Å². The van der Waals surface area contributed by atoms with Crippen molar-refractivity contribution in [2.24, 2.45) is 0 Å². The van der Waals surface area contributed by atoms with E-state index in [1.165, 1.54) is 11.1 Å². The number of nitrogens with one attached hydrogen (secondary N) is 2. The van der Waals surface area contributed by atoms with E-state index in [1.54, 1.807) is 0 Å². The maximum atomic E-state index is 4.58. The van der Waals surface area contributed by atoms with Crippen molar-refractivity contribution >= 4 is 23.1 Å². The molecule has 2 N–H and O–H groups in total. The minimum Gasteiger partial charge on any atom is -0.340 e. The van der Waals surface area contributed by atoms with Gasteiger partial charge in [0, 0.05) is 23.1 Å². The highest BCUT2D eigenvalue weighted by molar-refractivity contribution is 5.62. The topological polar surface area (TPSA) is 49.8 Å². The van der Waals surface area contributed by atoms with Gasteiger partial charge in [-0.05, 0) is 62.6 Å². The van der Waals surface area contributed by atoms with E-state index in [0.717, 1.165) is 28.5 Å². The molecule has 3 aromatic rings. The first-order valence-electron chi connectivity index (χ1n) is 8.04. The zero-order chi connectivity index (χ0) is 17.1. The predicted octanol–water partition coefficient (Wildman–Crippen LogP) is 5.20. The van der Waals surface area contributed by atoms with Crippen LogP contribution in [0.15, 0.2) is 48.5 Å². The number of anilines is 4. The van der Waals surface area contributed by atoms with Crippen LogP contribution in [0, 0.1) is 27.7 Å². The van der Waals surface area contributed by atoms with Crippen LogP contribution in [-0.4, -0.2) is 9.97 Å². The lowest BCUT2D eigenvalue weighted by molar-refractivity contribution is 1.10. The van der Waals surface area contributed by atoms with E-state index in [0.29, 0.717) is 5.95 Å². The highest BCUT2D eigenvalue weighted by Crippen LogP contribution is 2.22. The van der Waals surface area contributed by atoms with Gasteiger partial charge in [0.2, 0.25) is 5.95 Å². The quantitative estimate of drug-likeness (QED) is 0.694. The van der Waals surface area contributed by atoms with Gasteiger partial charge in [0.15, 0.2) is 0 Å². The lowest BCUT2D eigenvalue weighted by atomic mass is 10.1. The van der Waals surface area contributed by atoms with Crippen molar-refractivity contribution in [3.8, 4) is 0 Å². The molecule has 0 fully saturated rings. The summed E-state index contributed by atoms with van der Waals surface area (Å²) in [6.07, 6.45) is 0. The third kappa shape index (κ3) is 3.71. The zero-order valence-corrected chi connectivity index (χ0v) is 14.5. The SMILES string of the molecule is Cc1cc(Nc2ccc(C)c(C)c2)nc(Nc2ccccc2C)n1. The van der Waals surface area contributed by atoms with E-state index in [1.807, 2.05) is 31.2 Å². The fraction of sp³-hybridized carbons (Fsp3) is 0.200. The van der Waals surface area contributed by atoms with Crippen molar-refractivity contribution in [1.29, 1.82) is 0 Å². The van der Waals surface area contributed by atoms with Crippen LogP contribution in [0.1, 0.15) is 22.4 Å². The molecule has 0 radical (unpaired) electrons. The molecule has 0 aliphatic heterocycles. The number of hydrogen-bond acceptors (Lipinski definition) is 4. The molecule has 2 aromatic carbocycles. The summed E-state index contributed by atoms with van der Waals surface area (Å²) in [6, 6.07) is 16.3. The molecule has 0 spiro atoms. The van der Waals surface area contributed by atoms with Crippen molar-refractivity contribution < 1.29 is 0 Å². The van der Waals surface area contributed by atoms with Crippen molar-refractivity contribution in [2.75, 3.05) is 10.6 Å². The highest BCUT2D eigenvalue weighted by atomic mass is 15.1. The third-order valence-corrected chi connectivity index (χ3v) is 4.03. The molecule has 0 amide bonds. The minimum absolute atomic E-state index is 0.593. The maximum absolute atomic E-state index is 4.58. The fourth-order valence-corrected chi connectivity index (χ4v) is 2.49. The van der Waals surface area contributed by atoms with Gasteiger partial charge in [0.1, 0.15) is 5.82 Å². The molecule has 0 atom stereocenters. The molecule has 0 unspecified atom stereocenters. The van der Waals surface area contributed by atoms with E-state index in [2.05, 4.69) is 65.6 Å². The smallest absolute Gasteiger partial charge is 0.229 e. The number of rotatable bonds is 4. The number of nitrogens with zero attached hydrogens (tertiary/aromatic N) is 2. The second kappa shape index (κ2) is 6.71. The van der Waals surface area contributed by atoms with E-state index in [9.17, 15) is 0 Å². The number of aromatic nitrogens is 2. The molecule has 1 aromatic heterocycles. The monoisotopic (exact) mass is 318 g/mol. The summed E-state index contributed by atoms with van der Waals surface area (Å²) in [6.45, 7) is 8.25. The van der Waals surface area contributed by atoms with Gasteiger partial charge in [-0.15, -0.1) is 0 Å². The lowest BCUT2D eigenvalue weighted by Gasteiger charge is -2.12. The molecule has 4 heteroatoms. The normalized spacial score (nSPS) is 10.5. The van der Waals surface area contributed by atoms with Crippen LogP contribution >= 0.6 is 0 Å². The fourth-order valence-electron chi connectivity index (χ4n) is 2.49. The van der Waals surface area contributed by atoms with Crippen LogP contribution in [0.3, 0.4) is 0 Å². The summed E-state index contributed by atoms with van der Waals surface area (Å²) in [5.74, 6) is 1.37. The molecular weight excluding hydrogens is 296 g/mol. The van der Waals surface area contributed by atoms with Gasteiger partial charge in [-0.2, -0.15) is 4.98 Å². The second-order valence-electron chi connectivity index (χ2n) is 6.08. The Labute approximate surface area is 143 Å². The largest absolute Gasteiger partial charge is 0.340 e. The average Bonchev–Trinajstić information content (AvgIpc) is 2.53. The zero-order valence-electron chi connectivity index (χ0n) is 14.5. The summed E-state index contributed by atoms with van der Waals surface area (Å²) in [4.78, 5) is 9.07. The number of hydrogen-bond donors (Lipinski definition) is 2. The first kappa shape index (κ1) is 16.0. The highest BCUT2D eigenvalue weighted by Gasteiger charge is 2.05. The van der Waals surface area contributed by atoms with Crippen LogP contribution in [0.25, 0.3) is 0 Å². The standard InChI is InChI=1S/C20H22N4/c1-13-9-10-17(11-15(13)3)22-19-12-16(4)21-20(24-19)23-18-8-6-5-7-14(18)2/h5-12H,1-4H3,(H2,21,22,23,24). The lowest BCUT2D eigenvalue weighted by Crippen LogP contribution is -2.03. The summed E-state index contributed by atoms with van der Waals surface area (Å²) >= 11 is 0. The van der Waals surface area contributed by atoms with Gasteiger partial charge in [0.25, 0.3) is 0 Å². The molecular formula is C20H22N4. The first-order chi connectivity index (χ1) is 11.5. The second-order valence-corrected chi connectivity index (χ2v) is 6.08. The Kier molecular flexibility index (Phi) is 4.47. The van der Waals surface area contributed by atoms with Crippen LogP contribution < -0.4 is 10.6 Å². The maximum Gasteiger partial charge on any atom is 0.229 e. The van der Waals surface area contributed by atoms with E-state index in [4.69, 9.17) is 0 Å². The molecule has 0 aliphatic rings. The van der Waals surface area contributed by atoms with Crippen molar-refractivity contribution in [3.63, 3.8) is 0 Å². The van der Waals surface area contributed by atoms with E-state index >= 15 is 0 Å². The van der Waals surface area contributed by atoms with Crippen LogP contribution in [0.4, 0.5) is 23.1 Å². The molecule has 0 saturated carbocycles. The summed E-state index contributed by atoms with van der Waals surface area (Å²) < 4.78 is 0. The minimum atomic E-state index is 0.593. The summed E-state index contributed by atoms with van der Waals surface area (Å²) in [7, 11) is 0. The average molecular weight is 318 g/mol. The van der Waals surface area contributed by atoms with E-state index < -0.39 is 0 Å². The third-order valence-electron chi connectivity index (χ3n) is 4.03. The Hall–Kier alpha value is -2.88. The van der Waals surface area contributed by atoms with Crippen LogP contribution in [-0.2, 0) is 0 Å². The van der Waals surface area contributed by atoms with Gasteiger partial charge in [0.05, 0.1) is 0 Å². The number of benzene rings is 2. The molecule has 4 nitrogen and oxygen atoms in total. The van der Waals surface area contributed by atoms with Gasteiger partial charge >= 0.3 is 0 Å². The summed E-state index contributed by atoms with van der Waals surface area (Å²) in [5, 5.41) is 6.66. The summed E-state index contributed by atoms with van der Waals surface area (Å²) in [5.41, 5.74) is 6.64. The van der Waals surface area contributed by atoms with Crippen LogP contribution in [0.5, 0.6) is 0 Å². The number of para-hydroxylation sites is 1. The Morgan fingerprint density at radius 1 is 0.708 bits per heavy atom. The van der Waals surface area contributed by atoms with Crippen molar-refractivity contribution in [3.05, 3.63) is 70.9 Å². The Morgan fingerprint density at radius 2 is 1.50 bits per heavy atom. The molecule has 0 saturated heterocycles. The Bertz CT molecular complexity index is 871. The number of aryl methyl sites for hydroxylation is 4. The Morgan fingerprint density at radius 3 is 2.25 bits per heavy atom. The van der Waals surface area contributed by atoms with Crippen molar-refractivity contribution in [1.82, 2.24) is 9.97 Å².